The molecular weight excluding hydrogens is 499 g/mol. The number of aliphatic imine (C=N–C) groups is 1. The summed E-state index contributed by atoms with van der Waals surface area (Å²) in [7, 11) is 0. The lowest BCUT2D eigenvalue weighted by Gasteiger charge is -2.20. The number of nitrogens with zero attached hydrogens (tertiary/aromatic N) is 1. The van der Waals surface area contributed by atoms with E-state index in [4.69, 9.17) is 10.7 Å². The quantitative estimate of drug-likeness (QED) is 0.232. The lowest BCUT2D eigenvalue weighted by Crippen LogP contribution is -2.39. The molecule has 3 aromatic carbocycles. The number of guanidine groups is 1. The van der Waals surface area contributed by atoms with Crippen LogP contribution >= 0.6 is 24.0 Å². The van der Waals surface area contributed by atoms with Crippen molar-refractivity contribution in [1.29, 1.82) is 0 Å². The van der Waals surface area contributed by atoms with Crippen molar-refractivity contribution in [2.45, 2.75) is 19.4 Å². The maximum atomic E-state index is 11.2. The van der Waals surface area contributed by atoms with Gasteiger partial charge in [-0.2, -0.15) is 0 Å². The van der Waals surface area contributed by atoms with Crippen LogP contribution in [0.2, 0.25) is 0 Å². The van der Waals surface area contributed by atoms with Gasteiger partial charge in [-0.05, 0) is 35.7 Å². The van der Waals surface area contributed by atoms with Gasteiger partial charge in [0.2, 0.25) is 5.91 Å². The molecule has 0 aliphatic rings. The zero-order chi connectivity index (χ0) is 21.2. The highest BCUT2D eigenvalue weighted by Gasteiger charge is 2.14. The Labute approximate surface area is 201 Å². The molecule has 0 saturated carbocycles. The van der Waals surface area contributed by atoms with Gasteiger partial charge < -0.3 is 16.4 Å². The van der Waals surface area contributed by atoms with Crippen molar-refractivity contribution >= 4 is 35.8 Å². The fourth-order valence-corrected chi connectivity index (χ4v) is 3.28. The number of rotatable bonds is 8. The Morgan fingerprint density at radius 3 is 1.90 bits per heavy atom. The molecular formula is C25H29IN4O. The fraction of sp³-hybridized carbons (Fsp3) is 0.200. The number of hydrogen-bond donors (Lipinski definition) is 3. The number of benzene rings is 3. The maximum Gasteiger partial charge on any atom is 0.248 e. The first-order chi connectivity index (χ1) is 14.7. The molecule has 0 heterocycles. The molecule has 0 bridgehead atoms. The second-order valence-electron chi connectivity index (χ2n) is 7.01. The van der Waals surface area contributed by atoms with E-state index in [-0.39, 0.29) is 29.9 Å². The standard InChI is InChI=1S/C25H28N4O.HI/c1-2-27-25(28-17-19-13-15-22(16-14-19)24(26)30)29-18-23(20-9-5-3-6-10-20)21-11-7-4-8-12-21;/h3-16,23H,2,17-18H2,1H3,(H2,26,30)(H2,27,28,29);1H. The lowest BCUT2D eigenvalue weighted by molar-refractivity contribution is 0.100. The largest absolute Gasteiger partial charge is 0.366 e. The average Bonchev–Trinajstić information content (AvgIpc) is 2.79. The van der Waals surface area contributed by atoms with Gasteiger partial charge in [0.25, 0.3) is 0 Å². The van der Waals surface area contributed by atoms with Gasteiger partial charge in [-0.25, -0.2) is 4.99 Å². The van der Waals surface area contributed by atoms with E-state index in [1.807, 2.05) is 31.2 Å². The van der Waals surface area contributed by atoms with Crippen LogP contribution in [-0.4, -0.2) is 25.0 Å². The van der Waals surface area contributed by atoms with Crippen LogP contribution < -0.4 is 16.4 Å². The predicted molar refractivity (Wildman–Crippen MR) is 138 cm³/mol. The second-order valence-corrected chi connectivity index (χ2v) is 7.01. The van der Waals surface area contributed by atoms with Crippen molar-refractivity contribution < 1.29 is 4.79 Å². The minimum absolute atomic E-state index is 0. The van der Waals surface area contributed by atoms with E-state index in [0.29, 0.717) is 12.1 Å². The molecule has 0 radical (unpaired) electrons. The first-order valence-electron chi connectivity index (χ1n) is 10.2. The smallest absolute Gasteiger partial charge is 0.248 e. The molecule has 0 spiro atoms. The Morgan fingerprint density at radius 1 is 0.871 bits per heavy atom. The van der Waals surface area contributed by atoms with E-state index in [1.54, 1.807) is 12.1 Å². The molecule has 5 nitrogen and oxygen atoms in total. The van der Waals surface area contributed by atoms with Crippen molar-refractivity contribution in [2.75, 3.05) is 13.1 Å². The van der Waals surface area contributed by atoms with Gasteiger partial charge in [0, 0.05) is 24.6 Å². The van der Waals surface area contributed by atoms with Gasteiger partial charge in [0.1, 0.15) is 0 Å². The average molecular weight is 528 g/mol. The third-order valence-electron chi connectivity index (χ3n) is 4.88. The number of hydrogen-bond acceptors (Lipinski definition) is 2. The van der Waals surface area contributed by atoms with Crippen LogP contribution in [-0.2, 0) is 6.54 Å². The number of amides is 1. The number of primary amides is 1. The van der Waals surface area contributed by atoms with E-state index in [9.17, 15) is 4.79 Å². The molecule has 4 N–H and O–H groups in total. The Morgan fingerprint density at radius 2 is 1.42 bits per heavy atom. The molecule has 1 amide bonds. The topological polar surface area (TPSA) is 79.5 Å². The van der Waals surface area contributed by atoms with Gasteiger partial charge in [-0.1, -0.05) is 72.8 Å². The number of nitrogens with one attached hydrogen (secondary N) is 2. The molecule has 0 aromatic heterocycles. The number of carbonyl (C=O) groups excluding carboxylic acids is 1. The Balaban J connectivity index is 0.00000341. The normalized spacial score (nSPS) is 11.0. The first-order valence-corrected chi connectivity index (χ1v) is 10.2. The van der Waals surface area contributed by atoms with E-state index in [2.05, 4.69) is 59.2 Å². The van der Waals surface area contributed by atoms with Crippen LogP contribution in [0.4, 0.5) is 0 Å². The molecule has 0 aliphatic carbocycles. The summed E-state index contributed by atoms with van der Waals surface area (Å²) in [6.45, 7) is 4.05. The summed E-state index contributed by atoms with van der Waals surface area (Å²) < 4.78 is 0. The number of carbonyl (C=O) groups is 1. The number of halogens is 1. The molecule has 0 aliphatic heterocycles. The SMILES string of the molecule is CCNC(=NCc1ccc(C(N)=O)cc1)NCC(c1ccccc1)c1ccccc1.I. The van der Waals surface area contributed by atoms with Crippen molar-refractivity contribution in [1.82, 2.24) is 10.6 Å². The van der Waals surface area contributed by atoms with Crippen molar-refractivity contribution in [3.05, 3.63) is 107 Å². The number of nitrogens with two attached hydrogens (primary N) is 1. The highest BCUT2D eigenvalue weighted by atomic mass is 127. The Hall–Kier alpha value is -2.87. The first kappa shape index (κ1) is 24.4. The van der Waals surface area contributed by atoms with Crippen molar-refractivity contribution in [3.63, 3.8) is 0 Å². The van der Waals surface area contributed by atoms with Crippen LogP contribution in [0, 0.1) is 0 Å². The molecule has 0 unspecified atom stereocenters. The fourth-order valence-electron chi connectivity index (χ4n) is 3.28. The minimum atomic E-state index is -0.423. The predicted octanol–water partition coefficient (Wildman–Crippen LogP) is 4.29. The van der Waals surface area contributed by atoms with Gasteiger partial charge in [-0.3, -0.25) is 4.79 Å². The summed E-state index contributed by atoms with van der Waals surface area (Å²) in [4.78, 5) is 15.9. The van der Waals surface area contributed by atoms with Gasteiger partial charge >= 0.3 is 0 Å². The van der Waals surface area contributed by atoms with Crippen LogP contribution in [0.5, 0.6) is 0 Å². The minimum Gasteiger partial charge on any atom is -0.366 e. The summed E-state index contributed by atoms with van der Waals surface area (Å²) in [6, 6.07) is 28.2. The van der Waals surface area contributed by atoms with E-state index >= 15 is 0 Å². The molecule has 31 heavy (non-hydrogen) atoms. The third-order valence-corrected chi connectivity index (χ3v) is 4.88. The third kappa shape index (κ3) is 7.40. The molecule has 162 valence electrons. The summed E-state index contributed by atoms with van der Waals surface area (Å²) in [6.07, 6.45) is 0. The van der Waals surface area contributed by atoms with Crippen LogP contribution in [0.25, 0.3) is 0 Å². The second kappa shape index (κ2) is 12.7. The van der Waals surface area contributed by atoms with Gasteiger partial charge in [-0.15, -0.1) is 24.0 Å². The summed E-state index contributed by atoms with van der Waals surface area (Å²) in [5.74, 6) is 0.548. The Bertz CT molecular complexity index is 920. The van der Waals surface area contributed by atoms with E-state index in [0.717, 1.165) is 24.6 Å². The zero-order valence-corrected chi connectivity index (χ0v) is 20.0. The van der Waals surface area contributed by atoms with Crippen molar-refractivity contribution in [2.24, 2.45) is 10.7 Å². The monoisotopic (exact) mass is 528 g/mol. The molecule has 6 heteroatoms. The van der Waals surface area contributed by atoms with E-state index < -0.39 is 5.91 Å². The van der Waals surface area contributed by atoms with Gasteiger partial charge in [0.05, 0.1) is 6.54 Å². The van der Waals surface area contributed by atoms with Crippen LogP contribution in [0.3, 0.4) is 0 Å². The van der Waals surface area contributed by atoms with Gasteiger partial charge in [0.15, 0.2) is 5.96 Å². The maximum absolute atomic E-state index is 11.2. The van der Waals surface area contributed by atoms with Crippen LogP contribution in [0.1, 0.15) is 39.9 Å². The zero-order valence-electron chi connectivity index (χ0n) is 17.6. The van der Waals surface area contributed by atoms with Crippen LogP contribution in [0.15, 0.2) is 89.9 Å². The molecule has 0 fully saturated rings. The summed E-state index contributed by atoms with van der Waals surface area (Å²) in [5, 5.41) is 6.79. The molecule has 3 aromatic rings. The molecule has 3 rings (SSSR count). The Kier molecular flexibility index (Phi) is 10.0. The summed E-state index contributed by atoms with van der Waals surface area (Å²) >= 11 is 0. The van der Waals surface area contributed by atoms with E-state index in [1.165, 1.54) is 11.1 Å². The highest BCUT2D eigenvalue weighted by molar-refractivity contribution is 14.0. The molecule has 0 saturated heterocycles. The lowest BCUT2D eigenvalue weighted by atomic mass is 9.91. The van der Waals surface area contributed by atoms with Crippen molar-refractivity contribution in [3.8, 4) is 0 Å². The molecule has 0 atom stereocenters. The highest BCUT2D eigenvalue weighted by Crippen LogP contribution is 2.23. The summed E-state index contributed by atoms with van der Waals surface area (Å²) in [5.41, 5.74) is 9.33.